The molecule has 1 spiro atoms. The van der Waals surface area contributed by atoms with E-state index >= 15 is 0 Å². The normalized spacial score (nSPS) is 23.5. The molecule has 3 aliphatic heterocycles. The molecular formula is C25H31N5O5. The van der Waals surface area contributed by atoms with Crippen LogP contribution in [0.15, 0.2) is 30.3 Å². The summed E-state index contributed by atoms with van der Waals surface area (Å²) in [5.74, 6) is -1.43. The van der Waals surface area contributed by atoms with Gasteiger partial charge >= 0.3 is 0 Å². The predicted molar refractivity (Wildman–Crippen MR) is 126 cm³/mol. The van der Waals surface area contributed by atoms with E-state index in [0.29, 0.717) is 51.4 Å². The highest BCUT2D eigenvalue weighted by Crippen LogP contribution is 2.32. The lowest BCUT2D eigenvalue weighted by Gasteiger charge is -2.40. The van der Waals surface area contributed by atoms with Crippen LogP contribution in [0.2, 0.25) is 0 Å². The second-order valence-electron chi connectivity index (χ2n) is 9.78. The lowest BCUT2D eigenvalue weighted by molar-refractivity contribution is -0.181. The highest BCUT2D eigenvalue weighted by atomic mass is 16.7. The summed E-state index contributed by atoms with van der Waals surface area (Å²) in [6.07, 6.45) is 1.21. The van der Waals surface area contributed by atoms with Gasteiger partial charge in [0.25, 0.3) is 11.8 Å². The van der Waals surface area contributed by atoms with Gasteiger partial charge in [-0.25, -0.2) is 0 Å². The van der Waals surface area contributed by atoms with Crippen molar-refractivity contribution in [3.05, 3.63) is 52.8 Å². The summed E-state index contributed by atoms with van der Waals surface area (Å²) in [7, 11) is 1.61. The largest absolute Gasteiger partial charge is 0.350 e. The van der Waals surface area contributed by atoms with Gasteiger partial charge in [-0.2, -0.15) is 5.10 Å². The van der Waals surface area contributed by atoms with Gasteiger partial charge < -0.3 is 24.6 Å². The summed E-state index contributed by atoms with van der Waals surface area (Å²) in [6, 6.07) is 9.43. The Balaban J connectivity index is 1.28. The van der Waals surface area contributed by atoms with E-state index in [1.807, 2.05) is 31.2 Å². The molecule has 2 fully saturated rings. The Bertz CT molecular complexity index is 1140. The monoisotopic (exact) mass is 481 g/mol. The number of hydrogen-bond acceptors (Lipinski definition) is 6. The number of likely N-dealkylation sites (tertiary alicyclic amines) is 1. The molecule has 0 bridgehead atoms. The zero-order valence-electron chi connectivity index (χ0n) is 20.4. The quantitative estimate of drug-likeness (QED) is 0.706. The summed E-state index contributed by atoms with van der Waals surface area (Å²) in [5, 5.41) is 7.38. The molecular weight excluding hydrogens is 450 g/mol. The summed E-state index contributed by atoms with van der Waals surface area (Å²) < 4.78 is 13.0. The molecule has 2 aromatic rings. The van der Waals surface area contributed by atoms with E-state index in [1.54, 1.807) is 18.9 Å². The van der Waals surface area contributed by atoms with Gasteiger partial charge in [0.05, 0.1) is 19.8 Å². The van der Waals surface area contributed by atoms with Gasteiger partial charge in [0.1, 0.15) is 11.2 Å². The number of carbonyl (C=O) groups excluding carboxylic acids is 3. The first-order chi connectivity index (χ1) is 16.7. The van der Waals surface area contributed by atoms with E-state index in [4.69, 9.17) is 9.47 Å². The maximum absolute atomic E-state index is 13.2. The molecule has 0 saturated carbocycles. The minimum Gasteiger partial charge on any atom is -0.350 e. The molecule has 10 nitrogen and oxygen atoms in total. The molecule has 3 amide bonds. The second-order valence-corrected chi connectivity index (χ2v) is 9.78. The molecule has 1 aromatic carbocycles. The minimum atomic E-state index is -1.14. The maximum atomic E-state index is 13.2. The Hall–Kier alpha value is -3.24. The van der Waals surface area contributed by atoms with E-state index in [9.17, 15) is 14.4 Å². The van der Waals surface area contributed by atoms with Crippen LogP contribution in [-0.2, 0) is 27.4 Å². The van der Waals surface area contributed by atoms with Gasteiger partial charge in [0, 0.05) is 45.6 Å². The number of benzene rings is 1. The number of carbonyl (C=O) groups is 3. The fourth-order valence-corrected chi connectivity index (χ4v) is 4.91. The lowest BCUT2D eigenvalue weighted by Crippen LogP contribution is -2.62. The molecule has 3 aliphatic rings. The van der Waals surface area contributed by atoms with Crippen LogP contribution < -0.4 is 5.32 Å². The molecule has 10 heteroatoms. The van der Waals surface area contributed by atoms with Gasteiger partial charge in [-0.15, -0.1) is 0 Å². The summed E-state index contributed by atoms with van der Waals surface area (Å²) in [4.78, 5) is 42.6. The van der Waals surface area contributed by atoms with Crippen molar-refractivity contribution in [3.8, 4) is 0 Å². The molecule has 35 heavy (non-hydrogen) atoms. The van der Waals surface area contributed by atoms with Crippen molar-refractivity contribution in [2.45, 2.75) is 51.1 Å². The SMILES string of the molecule is Cc1ccc(CNC(=O)[C@@]2(C)Cn3nc(C(=O)N4CCC5(CC4)OCCO5)cc3C(=O)N2C)cc1. The predicted octanol–water partition coefficient (Wildman–Crippen LogP) is 1.33. The minimum absolute atomic E-state index is 0.155. The number of amides is 3. The number of aromatic nitrogens is 2. The molecule has 1 atom stereocenters. The fourth-order valence-electron chi connectivity index (χ4n) is 4.91. The molecule has 0 radical (unpaired) electrons. The van der Waals surface area contributed by atoms with Crippen LogP contribution in [-0.4, -0.2) is 82.0 Å². The van der Waals surface area contributed by atoms with Crippen molar-refractivity contribution in [2.24, 2.45) is 0 Å². The van der Waals surface area contributed by atoms with Crippen LogP contribution in [0.3, 0.4) is 0 Å². The van der Waals surface area contributed by atoms with E-state index < -0.39 is 11.3 Å². The lowest BCUT2D eigenvalue weighted by atomic mass is 9.95. The van der Waals surface area contributed by atoms with Crippen molar-refractivity contribution >= 4 is 17.7 Å². The van der Waals surface area contributed by atoms with Crippen LogP contribution in [0.1, 0.15) is 51.9 Å². The van der Waals surface area contributed by atoms with Gasteiger partial charge in [0.15, 0.2) is 11.5 Å². The van der Waals surface area contributed by atoms with Gasteiger partial charge in [-0.1, -0.05) is 29.8 Å². The average Bonchev–Trinajstić information content (AvgIpc) is 3.49. The first kappa shape index (κ1) is 23.5. The molecule has 0 unspecified atom stereocenters. The third kappa shape index (κ3) is 4.21. The number of rotatable bonds is 4. The van der Waals surface area contributed by atoms with Crippen molar-refractivity contribution < 1.29 is 23.9 Å². The fraction of sp³-hybridized carbons (Fsp3) is 0.520. The van der Waals surface area contributed by atoms with Crippen LogP contribution in [0.4, 0.5) is 0 Å². The zero-order valence-corrected chi connectivity index (χ0v) is 20.4. The number of nitrogens with one attached hydrogen (secondary N) is 1. The molecule has 4 heterocycles. The highest BCUT2D eigenvalue weighted by molar-refractivity contribution is 6.01. The van der Waals surface area contributed by atoms with Gasteiger partial charge in [-0.05, 0) is 19.4 Å². The first-order valence-electron chi connectivity index (χ1n) is 12.0. The number of nitrogens with zero attached hydrogens (tertiary/aromatic N) is 4. The van der Waals surface area contributed by atoms with Crippen molar-refractivity contribution in [3.63, 3.8) is 0 Å². The number of aryl methyl sites for hydroxylation is 1. The number of ether oxygens (including phenoxy) is 2. The van der Waals surface area contributed by atoms with E-state index in [0.717, 1.165) is 11.1 Å². The van der Waals surface area contributed by atoms with Crippen LogP contribution in [0.5, 0.6) is 0 Å². The molecule has 2 saturated heterocycles. The smallest absolute Gasteiger partial charge is 0.274 e. The molecule has 5 rings (SSSR count). The molecule has 0 aliphatic carbocycles. The van der Waals surface area contributed by atoms with Crippen molar-refractivity contribution in [1.82, 2.24) is 24.9 Å². The Labute approximate surface area is 204 Å². The number of fused-ring (bicyclic) bond motifs is 1. The number of likely N-dealkylation sites (N-methyl/N-ethyl adjacent to an activating group) is 1. The summed E-state index contributed by atoms with van der Waals surface area (Å²) in [5.41, 5.74) is 1.48. The molecule has 186 valence electrons. The third-order valence-corrected chi connectivity index (χ3v) is 7.41. The number of hydrogen-bond donors (Lipinski definition) is 1. The van der Waals surface area contributed by atoms with Crippen LogP contribution in [0.25, 0.3) is 0 Å². The summed E-state index contributed by atoms with van der Waals surface area (Å²) >= 11 is 0. The van der Waals surface area contributed by atoms with E-state index in [1.165, 1.54) is 15.6 Å². The topological polar surface area (TPSA) is 106 Å². The Kier molecular flexibility index (Phi) is 5.88. The first-order valence-corrected chi connectivity index (χ1v) is 12.0. The molecule has 1 aromatic heterocycles. The molecule has 1 N–H and O–H groups in total. The highest BCUT2D eigenvalue weighted by Gasteiger charge is 2.47. The van der Waals surface area contributed by atoms with Crippen LogP contribution >= 0.6 is 0 Å². The Morgan fingerprint density at radius 3 is 2.43 bits per heavy atom. The maximum Gasteiger partial charge on any atom is 0.274 e. The summed E-state index contributed by atoms with van der Waals surface area (Å²) in [6.45, 7) is 6.38. The van der Waals surface area contributed by atoms with E-state index in [-0.39, 0.29) is 30.0 Å². The van der Waals surface area contributed by atoms with Gasteiger partial charge in [0.2, 0.25) is 5.91 Å². The average molecular weight is 482 g/mol. The number of piperidine rings is 1. The standard InChI is InChI=1S/C25H31N5O5/c1-17-4-6-18(7-5-17)15-26-23(33)24(2)16-30-20(22(32)28(24)3)14-19(27-30)21(31)29-10-8-25(9-11-29)34-12-13-35-25/h4-7,14H,8-13,15-16H2,1-3H3,(H,26,33)/t24-/m1/s1. The van der Waals surface area contributed by atoms with E-state index in [2.05, 4.69) is 10.4 Å². The Morgan fingerprint density at radius 1 is 1.11 bits per heavy atom. The van der Waals surface area contributed by atoms with Crippen LogP contribution in [0, 0.1) is 6.92 Å². The zero-order chi connectivity index (χ0) is 24.8. The van der Waals surface area contributed by atoms with Gasteiger partial charge in [-0.3, -0.25) is 19.1 Å². The van der Waals surface area contributed by atoms with Crippen molar-refractivity contribution in [1.29, 1.82) is 0 Å². The third-order valence-electron chi connectivity index (χ3n) is 7.41. The Morgan fingerprint density at radius 2 is 1.77 bits per heavy atom. The second kappa shape index (κ2) is 8.76. The van der Waals surface area contributed by atoms with Crippen molar-refractivity contribution in [2.75, 3.05) is 33.4 Å².